The highest BCUT2D eigenvalue weighted by Crippen LogP contribution is 2.24. The Morgan fingerprint density at radius 1 is 1.19 bits per heavy atom. The third-order valence-corrected chi connectivity index (χ3v) is 5.40. The molecular formula is C23H32N6O2S. The molecule has 9 heteroatoms. The van der Waals surface area contributed by atoms with Crippen LogP contribution in [0.15, 0.2) is 35.6 Å². The lowest BCUT2D eigenvalue weighted by atomic mass is 10.1. The maximum atomic E-state index is 12.3. The molecule has 1 amide bonds. The van der Waals surface area contributed by atoms with Gasteiger partial charge in [0.25, 0.3) is 0 Å². The molecule has 3 rings (SSSR count). The van der Waals surface area contributed by atoms with Gasteiger partial charge in [-0.25, -0.2) is 14.6 Å². The third kappa shape index (κ3) is 6.59. The number of nitrogens with zero attached hydrogens (tertiary/aromatic N) is 4. The summed E-state index contributed by atoms with van der Waals surface area (Å²) in [6.45, 7) is 10.8. The molecule has 2 aromatic heterocycles. The number of carbonyl (C=O) groups excluding carboxylic acids is 1. The van der Waals surface area contributed by atoms with Crippen molar-refractivity contribution >= 4 is 34.5 Å². The number of hydrogen-bond acceptors (Lipinski definition) is 7. The van der Waals surface area contributed by atoms with Crippen LogP contribution in [0.25, 0.3) is 11.0 Å². The van der Waals surface area contributed by atoms with Crippen LogP contribution >= 0.6 is 11.8 Å². The van der Waals surface area contributed by atoms with E-state index in [2.05, 4.69) is 46.5 Å². The van der Waals surface area contributed by atoms with Gasteiger partial charge >= 0.3 is 0 Å². The molecule has 8 nitrogen and oxygen atoms in total. The first-order chi connectivity index (χ1) is 15.5. The number of thioether (sulfide) groups is 1. The smallest absolute Gasteiger partial charge is 0.224 e. The molecular weight excluding hydrogens is 424 g/mol. The molecule has 0 unspecified atom stereocenters. The summed E-state index contributed by atoms with van der Waals surface area (Å²) in [5.41, 5.74) is 1.73. The molecule has 1 aromatic carbocycles. The summed E-state index contributed by atoms with van der Waals surface area (Å²) < 4.78 is 7.27. The number of fused-ring (bicyclic) bond motifs is 1. The van der Waals surface area contributed by atoms with Crippen molar-refractivity contribution in [3.8, 4) is 5.75 Å². The standard InChI is InChI=1S/C23H32N6O2S/c1-5-31-18-9-7-17(8-10-18)13-20(30)24-11-12-29-22-19(15-26-29)21(25-14-16(3)4)27-23(28-22)32-6-2/h7-10,15-16H,5-6,11-14H2,1-4H3,(H,24,30)(H,25,27,28). The molecule has 0 saturated carbocycles. The fraction of sp³-hybridized carbons (Fsp3) is 0.478. The van der Waals surface area contributed by atoms with E-state index in [0.29, 0.717) is 32.0 Å². The van der Waals surface area contributed by atoms with Crippen LogP contribution in [0.2, 0.25) is 0 Å². The van der Waals surface area contributed by atoms with Crippen molar-refractivity contribution in [2.75, 3.05) is 30.8 Å². The van der Waals surface area contributed by atoms with E-state index in [9.17, 15) is 4.79 Å². The van der Waals surface area contributed by atoms with Crippen molar-refractivity contribution in [1.29, 1.82) is 0 Å². The first-order valence-electron chi connectivity index (χ1n) is 11.1. The summed E-state index contributed by atoms with van der Waals surface area (Å²) in [5, 5.41) is 12.5. The van der Waals surface area contributed by atoms with E-state index < -0.39 is 0 Å². The number of aromatic nitrogens is 4. The lowest BCUT2D eigenvalue weighted by Crippen LogP contribution is -2.28. The highest BCUT2D eigenvalue weighted by atomic mass is 32.2. The number of nitrogens with one attached hydrogen (secondary N) is 2. The van der Waals surface area contributed by atoms with Gasteiger partial charge < -0.3 is 15.4 Å². The summed E-state index contributed by atoms with van der Waals surface area (Å²) in [7, 11) is 0. The summed E-state index contributed by atoms with van der Waals surface area (Å²) in [4.78, 5) is 21.7. The SMILES string of the molecule is CCOc1ccc(CC(=O)NCCn2ncc3c(NCC(C)C)nc(SCC)nc32)cc1. The van der Waals surface area contributed by atoms with Crippen LogP contribution in [0.5, 0.6) is 5.75 Å². The molecule has 172 valence electrons. The van der Waals surface area contributed by atoms with Crippen molar-refractivity contribution < 1.29 is 9.53 Å². The Balaban J connectivity index is 1.62. The van der Waals surface area contributed by atoms with Crippen LogP contribution in [0.3, 0.4) is 0 Å². The molecule has 32 heavy (non-hydrogen) atoms. The molecule has 0 spiro atoms. The fourth-order valence-electron chi connectivity index (χ4n) is 3.15. The number of benzene rings is 1. The molecule has 0 radical (unpaired) electrons. The van der Waals surface area contributed by atoms with Gasteiger partial charge in [-0.05, 0) is 36.3 Å². The average molecular weight is 457 g/mol. The van der Waals surface area contributed by atoms with Crippen molar-refractivity contribution in [2.24, 2.45) is 5.92 Å². The van der Waals surface area contributed by atoms with Crippen molar-refractivity contribution in [3.63, 3.8) is 0 Å². The lowest BCUT2D eigenvalue weighted by molar-refractivity contribution is -0.120. The predicted octanol–water partition coefficient (Wildman–Crippen LogP) is 3.76. The molecule has 0 saturated heterocycles. The first-order valence-corrected chi connectivity index (χ1v) is 12.1. The van der Waals surface area contributed by atoms with Gasteiger partial charge in [-0.3, -0.25) is 4.79 Å². The van der Waals surface area contributed by atoms with E-state index in [4.69, 9.17) is 4.74 Å². The monoisotopic (exact) mass is 456 g/mol. The Morgan fingerprint density at radius 2 is 1.97 bits per heavy atom. The minimum atomic E-state index is -0.0261. The van der Waals surface area contributed by atoms with Crippen LogP contribution in [-0.4, -0.2) is 51.1 Å². The second kappa shape index (κ2) is 11.7. The van der Waals surface area contributed by atoms with E-state index in [1.165, 1.54) is 0 Å². The Kier molecular flexibility index (Phi) is 8.72. The van der Waals surface area contributed by atoms with E-state index in [0.717, 1.165) is 45.6 Å². The zero-order valence-electron chi connectivity index (χ0n) is 19.2. The van der Waals surface area contributed by atoms with Gasteiger partial charge in [-0.1, -0.05) is 44.7 Å². The zero-order valence-corrected chi connectivity index (χ0v) is 20.0. The molecule has 0 aliphatic heterocycles. The third-order valence-electron chi connectivity index (χ3n) is 4.67. The van der Waals surface area contributed by atoms with Gasteiger partial charge in [0, 0.05) is 13.1 Å². The Labute approximate surface area is 193 Å². The van der Waals surface area contributed by atoms with Crippen LogP contribution in [0.1, 0.15) is 33.3 Å². The highest BCUT2D eigenvalue weighted by molar-refractivity contribution is 7.99. The summed E-state index contributed by atoms with van der Waals surface area (Å²) in [5.74, 6) is 2.99. The molecule has 0 aliphatic rings. The second-order valence-electron chi connectivity index (χ2n) is 7.77. The molecule has 2 heterocycles. The topological polar surface area (TPSA) is 94.0 Å². The van der Waals surface area contributed by atoms with Crippen molar-refractivity contribution in [3.05, 3.63) is 36.0 Å². The number of anilines is 1. The molecule has 0 aliphatic carbocycles. The average Bonchev–Trinajstić information content (AvgIpc) is 3.17. The number of rotatable bonds is 12. The van der Waals surface area contributed by atoms with Crippen LogP contribution in [0.4, 0.5) is 5.82 Å². The summed E-state index contributed by atoms with van der Waals surface area (Å²) >= 11 is 1.60. The van der Waals surface area contributed by atoms with E-state index in [1.54, 1.807) is 18.0 Å². The van der Waals surface area contributed by atoms with Crippen LogP contribution in [-0.2, 0) is 17.8 Å². The van der Waals surface area contributed by atoms with Gasteiger partial charge in [0.2, 0.25) is 5.91 Å². The molecule has 2 N–H and O–H groups in total. The second-order valence-corrected chi connectivity index (χ2v) is 9.00. The summed E-state index contributed by atoms with van der Waals surface area (Å²) in [6, 6.07) is 7.61. The quantitative estimate of drug-likeness (QED) is 0.316. The number of ether oxygens (including phenoxy) is 1. The Hall–Kier alpha value is -2.81. The van der Waals surface area contributed by atoms with E-state index in [-0.39, 0.29) is 5.91 Å². The van der Waals surface area contributed by atoms with Gasteiger partial charge in [-0.2, -0.15) is 5.10 Å². The minimum Gasteiger partial charge on any atom is -0.494 e. The highest BCUT2D eigenvalue weighted by Gasteiger charge is 2.14. The van der Waals surface area contributed by atoms with Crippen molar-refractivity contribution in [1.82, 2.24) is 25.1 Å². The zero-order chi connectivity index (χ0) is 22.9. The maximum Gasteiger partial charge on any atom is 0.224 e. The van der Waals surface area contributed by atoms with Crippen LogP contribution in [0, 0.1) is 5.92 Å². The Bertz CT molecular complexity index is 1020. The maximum absolute atomic E-state index is 12.3. The van der Waals surface area contributed by atoms with Gasteiger partial charge in [0.1, 0.15) is 11.6 Å². The predicted molar refractivity (Wildman–Crippen MR) is 129 cm³/mol. The van der Waals surface area contributed by atoms with Gasteiger partial charge in [-0.15, -0.1) is 0 Å². The summed E-state index contributed by atoms with van der Waals surface area (Å²) in [6.07, 6.45) is 2.12. The molecule has 0 fully saturated rings. The fourth-order valence-corrected chi connectivity index (χ4v) is 3.71. The molecule has 0 atom stereocenters. The van der Waals surface area contributed by atoms with Gasteiger partial charge in [0.15, 0.2) is 10.8 Å². The molecule has 3 aromatic rings. The number of hydrogen-bond donors (Lipinski definition) is 2. The normalized spacial score (nSPS) is 11.2. The van der Waals surface area contributed by atoms with Crippen LogP contribution < -0.4 is 15.4 Å². The van der Waals surface area contributed by atoms with Gasteiger partial charge in [0.05, 0.1) is 31.2 Å². The largest absolute Gasteiger partial charge is 0.494 e. The minimum absolute atomic E-state index is 0.0261. The number of carbonyl (C=O) groups is 1. The van der Waals surface area contributed by atoms with E-state index >= 15 is 0 Å². The molecule has 0 bridgehead atoms. The lowest BCUT2D eigenvalue weighted by Gasteiger charge is -2.11. The van der Waals surface area contributed by atoms with Crippen molar-refractivity contribution in [2.45, 2.75) is 45.8 Å². The Morgan fingerprint density at radius 3 is 2.66 bits per heavy atom. The van der Waals surface area contributed by atoms with E-state index in [1.807, 2.05) is 35.9 Å². The number of amides is 1. The first kappa shape index (κ1) is 23.8.